The zero-order chi connectivity index (χ0) is 20.0. The van der Waals surface area contributed by atoms with E-state index in [4.69, 9.17) is 4.52 Å². The first-order valence-corrected chi connectivity index (χ1v) is 9.38. The van der Waals surface area contributed by atoms with Crippen molar-refractivity contribution in [1.82, 2.24) is 20.8 Å². The maximum absolute atomic E-state index is 12.6. The van der Waals surface area contributed by atoms with Crippen molar-refractivity contribution in [3.8, 4) is 11.3 Å². The molecule has 29 heavy (non-hydrogen) atoms. The molecule has 0 atom stereocenters. The molecule has 0 amide bonds. The van der Waals surface area contributed by atoms with Crippen molar-refractivity contribution in [3.05, 3.63) is 58.2 Å². The molecule has 3 rings (SSSR count). The largest absolute Gasteiger partial charge is 0.434 e. The van der Waals surface area contributed by atoms with Gasteiger partial charge in [0, 0.05) is 23.6 Å². The first-order valence-electron chi connectivity index (χ1n) is 8.50. The molecule has 3 aromatic rings. The summed E-state index contributed by atoms with van der Waals surface area (Å²) in [7, 11) is 0. The summed E-state index contributed by atoms with van der Waals surface area (Å²) < 4.78 is 43.2. The van der Waals surface area contributed by atoms with Crippen LogP contribution >= 0.6 is 35.3 Å². The van der Waals surface area contributed by atoms with E-state index in [2.05, 4.69) is 25.8 Å². The highest BCUT2D eigenvalue weighted by Gasteiger charge is 2.33. The zero-order valence-corrected chi connectivity index (χ0v) is 18.5. The summed E-state index contributed by atoms with van der Waals surface area (Å²) >= 11 is 0.948. The van der Waals surface area contributed by atoms with Gasteiger partial charge < -0.3 is 15.2 Å². The van der Waals surface area contributed by atoms with Crippen LogP contribution in [0.5, 0.6) is 0 Å². The van der Waals surface area contributed by atoms with Crippen LogP contribution in [0.25, 0.3) is 11.3 Å². The van der Waals surface area contributed by atoms with Crippen LogP contribution in [0.4, 0.5) is 13.2 Å². The number of alkyl halides is 3. The van der Waals surface area contributed by atoms with E-state index >= 15 is 0 Å². The van der Waals surface area contributed by atoms with Gasteiger partial charge in [0.05, 0.1) is 13.1 Å². The third kappa shape index (κ3) is 6.70. The normalized spacial score (nSPS) is 11.8. The SMILES string of the molecule is CCNC(=NCc1cc(-c2ccccc2)on1)NCc1nc(C(F)(F)F)cs1.I. The third-order valence-electron chi connectivity index (χ3n) is 3.61. The Bertz CT molecular complexity index is 927. The lowest BCUT2D eigenvalue weighted by Gasteiger charge is -2.09. The van der Waals surface area contributed by atoms with E-state index in [0.29, 0.717) is 29.0 Å². The quantitative estimate of drug-likeness (QED) is 0.271. The minimum atomic E-state index is -4.43. The monoisotopic (exact) mass is 537 g/mol. The summed E-state index contributed by atoms with van der Waals surface area (Å²) in [4.78, 5) is 7.98. The third-order valence-corrected chi connectivity index (χ3v) is 4.46. The lowest BCUT2D eigenvalue weighted by atomic mass is 10.2. The second-order valence-electron chi connectivity index (χ2n) is 5.72. The fourth-order valence-corrected chi connectivity index (χ4v) is 3.05. The summed E-state index contributed by atoms with van der Waals surface area (Å²) in [5.41, 5.74) is 0.677. The molecule has 0 radical (unpaired) electrons. The Balaban J connectivity index is 0.00000300. The second-order valence-corrected chi connectivity index (χ2v) is 6.66. The van der Waals surface area contributed by atoms with Gasteiger partial charge in [-0.1, -0.05) is 35.5 Å². The molecule has 0 bridgehead atoms. The smallest absolute Gasteiger partial charge is 0.357 e. The van der Waals surface area contributed by atoms with Gasteiger partial charge in [-0.25, -0.2) is 9.98 Å². The fourth-order valence-electron chi connectivity index (χ4n) is 2.31. The molecule has 2 aromatic heterocycles. The Hall–Kier alpha value is -2.15. The molecule has 2 N–H and O–H groups in total. The van der Waals surface area contributed by atoms with E-state index in [1.807, 2.05) is 37.3 Å². The van der Waals surface area contributed by atoms with Crippen molar-refractivity contribution >= 4 is 41.3 Å². The average Bonchev–Trinajstić information content (AvgIpc) is 3.34. The molecular formula is C18H19F3IN5OS. The first-order chi connectivity index (χ1) is 13.5. The van der Waals surface area contributed by atoms with Crippen LogP contribution in [0.2, 0.25) is 0 Å². The van der Waals surface area contributed by atoms with Gasteiger partial charge in [-0.2, -0.15) is 13.2 Å². The Morgan fingerprint density at radius 2 is 1.97 bits per heavy atom. The van der Waals surface area contributed by atoms with Gasteiger partial charge in [0.1, 0.15) is 10.7 Å². The molecule has 0 saturated heterocycles. The lowest BCUT2D eigenvalue weighted by molar-refractivity contribution is -0.140. The minimum absolute atomic E-state index is 0. The summed E-state index contributed by atoms with van der Waals surface area (Å²) in [5.74, 6) is 1.10. The van der Waals surface area contributed by atoms with Gasteiger partial charge in [-0.3, -0.25) is 0 Å². The number of hydrogen-bond donors (Lipinski definition) is 2. The Labute approximate surface area is 186 Å². The number of hydrogen-bond acceptors (Lipinski definition) is 5. The molecule has 156 valence electrons. The predicted molar refractivity (Wildman–Crippen MR) is 116 cm³/mol. The summed E-state index contributed by atoms with van der Waals surface area (Å²) in [6.45, 7) is 2.90. The van der Waals surface area contributed by atoms with Crippen LogP contribution in [0, 0.1) is 0 Å². The minimum Gasteiger partial charge on any atom is -0.357 e. The molecule has 0 fully saturated rings. The molecule has 6 nitrogen and oxygen atoms in total. The number of nitrogens with one attached hydrogen (secondary N) is 2. The highest BCUT2D eigenvalue weighted by atomic mass is 127. The molecule has 0 spiro atoms. The standard InChI is InChI=1S/C18H18F3N5OS.HI/c1-2-22-17(24-10-16-25-15(11-28-16)18(19,20)21)23-9-13-8-14(27-26-13)12-6-4-3-5-7-12;/h3-8,11H,2,9-10H2,1H3,(H2,22,23,24);1H. The number of thiazole rings is 1. The molecule has 0 saturated carbocycles. The molecule has 11 heteroatoms. The van der Waals surface area contributed by atoms with Crippen LogP contribution in [0.1, 0.15) is 23.3 Å². The number of halogens is 4. The lowest BCUT2D eigenvalue weighted by Crippen LogP contribution is -2.36. The molecular weight excluding hydrogens is 518 g/mol. The molecule has 2 heterocycles. The van der Waals surface area contributed by atoms with Crippen LogP contribution in [0.15, 0.2) is 51.3 Å². The van der Waals surface area contributed by atoms with E-state index in [1.54, 1.807) is 6.07 Å². The predicted octanol–water partition coefficient (Wildman–Crippen LogP) is 4.69. The molecule has 1 aromatic carbocycles. The second kappa shape index (κ2) is 10.6. The molecule has 0 aliphatic carbocycles. The fraction of sp³-hybridized carbons (Fsp3) is 0.278. The maximum Gasteiger partial charge on any atom is 0.434 e. The number of aliphatic imine (C=N–C) groups is 1. The number of benzene rings is 1. The Morgan fingerprint density at radius 3 is 2.62 bits per heavy atom. The van der Waals surface area contributed by atoms with E-state index in [1.165, 1.54) is 0 Å². The van der Waals surface area contributed by atoms with Crippen molar-refractivity contribution in [1.29, 1.82) is 0 Å². The average molecular weight is 537 g/mol. The van der Waals surface area contributed by atoms with Crippen molar-refractivity contribution in [2.45, 2.75) is 26.2 Å². The van der Waals surface area contributed by atoms with Crippen LogP contribution in [-0.4, -0.2) is 22.6 Å². The Kier molecular flexibility index (Phi) is 8.44. The highest BCUT2D eigenvalue weighted by molar-refractivity contribution is 14.0. The molecule has 0 aliphatic heterocycles. The van der Waals surface area contributed by atoms with Gasteiger partial charge in [0.2, 0.25) is 0 Å². The summed E-state index contributed by atoms with van der Waals surface area (Å²) in [5, 5.41) is 11.3. The first kappa shape index (κ1) is 23.1. The number of aromatic nitrogens is 2. The summed E-state index contributed by atoms with van der Waals surface area (Å²) in [6, 6.07) is 11.4. The van der Waals surface area contributed by atoms with E-state index in [9.17, 15) is 13.2 Å². The number of nitrogens with zero attached hydrogens (tertiary/aromatic N) is 3. The molecule has 0 unspecified atom stereocenters. The van der Waals surface area contributed by atoms with Gasteiger partial charge in [-0.15, -0.1) is 35.3 Å². The van der Waals surface area contributed by atoms with Crippen molar-refractivity contribution in [2.24, 2.45) is 4.99 Å². The van der Waals surface area contributed by atoms with Crippen LogP contribution in [0.3, 0.4) is 0 Å². The van der Waals surface area contributed by atoms with Crippen molar-refractivity contribution in [3.63, 3.8) is 0 Å². The highest BCUT2D eigenvalue weighted by Crippen LogP contribution is 2.29. The van der Waals surface area contributed by atoms with E-state index in [-0.39, 0.29) is 37.1 Å². The van der Waals surface area contributed by atoms with Gasteiger partial charge in [0.25, 0.3) is 0 Å². The number of rotatable bonds is 6. The van der Waals surface area contributed by atoms with Gasteiger partial charge >= 0.3 is 6.18 Å². The van der Waals surface area contributed by atoms with Crippen molar-refractivity contribution < 1.29 is 17.7 Å². The van der Waals surface area contributed by atoms with Crippen LogP contribution in [-0.2, 0) is 19.3 Å². The van der Waals surface area contributed by atoms with Gasteiger partial charge in [-0.05, 0) is 6.92 Å². The summed E-state index contributed by atoms with van der Waals surface area (Å²) in [6.07, 6.45) is -4.43. The Morgan fingerprint density at radius 1 is 1.21 bits per heavy atom. The topological polar surface area (TPSA) is 75.3 Å². The zero-order valence-electron chi connectivity index (χ0n) is 15.4. The van der Waals surface area contributed by atoms with Gasteiger partial charge in [0.15, 0.2) is 17.4 Å². The van der Waals surface area contributed by atoms with Crippen molar-refractivity contribution in [2.75, 3.05) is 6.54 Å². The van der Waals surface area contributed by atoms with E-state index < -0.39 is 11.9 Å². The van der Waals surface area contributed by atoms with E-state index in [0.717, 1.165) is 22.3 Å². The maximum atomic E-state index is 12.6. The molecule has 0 aliphatic rings. The van der Waals surface area contributed by atoms with Crippen LogP contribution < -0.4 is 10.6 Å². The number of guanidine groups is 1.